The summed E-state index contributed by atoms with van der Waals surface area (Å²) in [5.74, 6) is 0.393. The summed E-state index contributed by atoms with van der Waals surface area (Å²) in [5.41, 5.74) is -0.421. The summed E-state index contributed by atoms with van der Waals surface area (Å²) in [6.07, 6.45) is 2.97. The van der Waals surface area contributed by atoms with Crippen molar-refractivity contribution in [3.8, 4) is 0 Å². The summed E-state index contributed by atoms with van der Waals surface area (Å²) in [6, 6.07) is 0. The van der Waals surface area contributed by atoms with E-state index in [1.807, 2.05) is 13.8 Å². The Kier molecular flexibility index (Phi) is 8.70. The normalized spacial score (nSPS) is 15.1. The fraction of sp³-hybridized carbons (Fsp3) is 0.929. The zero-order valence-electron chi connectivity index (χ0n) is 12.9. The van der Waals surface area contributed by atoms with Crippen LogP contribution in [0.15, 0.2) is 0 Å². The Balaban J connectivity index is 3.99. The fourth-order valence-electron chi connectivity index (χ4n) is 1.63. The van der Waals surface area contributed by atoms with Crippen LogP contribution in [0.2, 0.25) is 0 Å². The lowest BCUT2D eigenvalue weighted by atomic mass is 9.98. The zero-order valence-corrected chi connectivity index (χ0v) is 13.8. The molecule has 0 aromatic carbocycles. The van der Waals surface area contributed by atoms with Crippen LogP contribution in [-0.2, 0) is 14.3 Å². The first-order valence-corrected chi connectivity index (χ1v) is 7.48. The van der Waals surface area contributed by atoms with Crippen molar-refractivity contribution in [2.24, 2.45) is 0 Å². The van der Waals surface area contributed by atoms with Crippen molar-refractivity contribution in [1.82, 2.24) is 5.32 Å². The van der Waals surface area contributed by atoms with Crippen LogP contribution >= 0.6 is 12.6 Å². The molecule has 0 radical (unpaired) electrons. The Hall–Kier alpha value is -0.260. The largest absolute Gasteiger partial charge is 0.378 e. The summed E-state index contributed by atoms with van der Waals surface area (Å²) in [4.78, 5) is 11.4. The van der Waals surface area contributed by atoms with Gasteiger partial charge in [0.15, 0.2) is 0 Å². The highest BCUT2D eigenvalue weighted by Gasteiger charge is 2.24. The first-order chi connectivity index (χ1) is 8.78. The van der Waals surface area contributed by atoms with E-state index in [2.05, 4.69) is 31.8 Å². The molecule has 1 atom stereocenters. The SMILES string of the molecule is CCC(C)(CCOC(C)(C)CCC(=O)NCS)OC. The fourth-order valence-corrected chi connectivity index (χ4v) is 1.81. The summed E-state index contributed by atoms with van der Waals surface area (Å²) in [7, 11) is 1.73. The van der Waals surface area contributed by atoms with Gasteiger partial charge in [-0.2, -0.15) is 12.6 Å². The Labute approximate surface area is 123 Å². The van der Waals surface area contributed by atoms with E-state index in [0.717, 1.165) is 12.8 Å². The van der Waals surface area contributed by atoms with Crippen molar-refractivity contribution in [3.63, 3.8) is 0 Å². The van der Waals surface area contributed by atoms with Crippen LogP contribution in [0.4, 0.5) is 0 Å². The number of nitrogens with one attached hydrogen (secondary N) is 1. The molecule has 0 aliphatic carbocycles. The number of thiol groups is 1. The molecular weight excluding hydrogens is 262 g/mol. The number of carbonyl (C=O) groups excluding carboxylic acids is 1. The number of hydrogen-bond donors (Lipinski definition) is 2. The quantitative estimate of drug-likeness (QED) is 0.480. The number of hydrogen-bond acceptors (Lipinski definition) is 4. The molecule has 0 saturated carbocycles. The number of ether oxygens (including phenoxy) is 2. The third-order valence-electron chi connectivity index (χ3n) is 3.59. The van der Waals surface area contributed by atoms with E-state index in [4.69, 9.17) is 9.47 Å². The minimum absolute atomic E-state index is 0.0157. The van der Waals surface area contributed by atoms with Crippen molar-refractivity contribution in [3.05, 3.63) is 0 Å². The molecule has 0 aliphatic rings. The zero-order chi connectivity index (χ0) is 14.9. The monoisotopic (exact) mass is 291 g/mol. The van der Waals surface area contributed by atoms with E-state index in [1.165, 1.54) is 0 Å². The lowest BCUT2D eigenvalue weighted by Crippen LogP contribution is -2.33. The van der Waals surface area contributed by atoms with Gasteiger partial charge >= 0.3 is 0 Å². The maximum Gasteiger partial charge on any atom is 0.220 e. The predicted molar refractivity (Wildman–Crippen MR) is 81.6 cm³/mol. The molecule has 0 rings (SSSR count). The third-order valence-corrected chi connectivity index (χ3v) is 3.75. The van der Waals surface area contributed by atoms with E-state index >= 15 is 0 Å². The second-order valence-electron chi connectivity index (χ2n) is 5.62. The van der Waals surface area contributed by atoms with Gasteiger partial charge in [-0.05, 0) is 40.0 Å². The average Bonchev–Trinajstić information content (AvgIpc) is 2.36. The van der Waals surface area contributed by atoms with Crippen molar-refractivity contribution < 1.29 is 14.3 Å². The molecule has 1 amide bonds. The van der Waals surface area contributed by atoms with E-state index in [-0.39, 0.29) is 17.1 Å². The smallest absolute Gasteiger partial charge is 0.220 e. The van der Waals surface area contributed by atoms with Crippen molar-refractivity contribution in [2.75, 3.05) is 19.6 Å². The molecule has 0 bridgehead atoms. The molecule has 0 aliphatic heterocycles. The molecule has 1 unspecified atom stereocenters. The summed E-state index contributed by atoms with van der Waals surface area (Å²) in [6.45, 7) is 8.85. The molecule has 0 spiro atoms. The van der Waals surface area contributed by atoms with Gasteiger partial charge in [0.2, 0.25) is 5.91 Å². The first kappa shape index (κ1) is 18.7. The van der Waals surface area contributed by atoms with Crippen LogP contribution in [0.25, 0.3) is 0 Å². The molecule has 114 valence electrons. The van der Waals surface area contributed by atoms with Crippen LogP contribution in [0.5, 0.6) is 0 Å². The van der Waals surface area contributed by atoms with Gasteiger partial charge in [0, 0.05) is 13.5 Å². The van der Waals surface area contributed by atoms with E-state index < -0.39 is 0 Å². The Bertz CT molecular complexity index is 265. The van der Waals surface area contributed by atoms with Gasteiger partial charge in [-0.3, -0.25) is 4.79 Å². The van der Waals surface area contributed by atoms with E-state index in [1.54, 1.807) is 7.11 Å². The molecule has 19 heavy (non-hydrogen) atoms. The molecule has 0 heterocycles. The molecule has 1 N–H and O–H groups in total. The summed E-state index contributed by atoms with van der Waals surface area (Å²) < 4.78 is 11.4. The average molecular weight is 291 g/mol. The molecule has 5 heteroatoms. The van der Waals surface area contributed by atoms with Gasteiger partial charge in [-0.1, -0.05) is 6.92 Å². The van der Waals surface area contributed by atoms with Gasteiger partial charge in [0.25, 0.3) is 0 Å². The maximum absolute atomic E-state index is 11.4. The van der Waals surface area contributed by atoms with Crippen molar-refractivity contribution in [2.45, 2.75) is 64.6 Å². The molecule has 4 nitrogen and oxygen atoms in total. The minimum atomic E-state index is -0.295. The van der Waals surface area contributed by atoms with Crippen LogP contribution < -0.4 is 5.32 Å². The molecule has 0 saturated heterocycles. The topological polar surface area (TPSA) is 47.6 Å². The second kappa shape index (κ2) is 8.82. The van der Waals surface area contributed by atoms with Gasteiger partial charge < -0.3 is 14.8 Å². The molecule has 0 aromatic rings. The summed E-state index contributed by atoms with van der Waals surface area (Å²) in [5, 5.41) is 2.67. The number of amides is 1. The molecule has 0 aromatic heterocycles. The summed E-state index contributed by atoms with van der Waals surface area (Å²) >= 11 is 3.96. The first-order valence-electron chi connectivity index (χ1n) is 6.85. The molecular formula is C14H29NO3S. The molecule has 0 fully saturated rings. The van der Waals surface area contributed by atoms with Crippen molar-refractivity contribution in [1.29, 1.82) is 0 Å². The lowest BCUT2D eigenvalue weighted by molar-refractivity contribution is -0.123. The number of methoxy groups -OCH3 is 1. The third kappa shape index (κ3) is 8.50. The lowest BCUT2D eigenvalue weighted by Gasteiger charge is -2.30. The van der Waals surface area contributed by atoms with Crippen LogP contribution in [0.1, 0.15) is 53.4 Å². The number of carbonyl (C=O) groups is 1. The Morgan fingerprint density at radius 2 is 1.89 bits per heavy atom. The highest BCUT2D eigenvalue weighted by molar-refractivity contribution is 7.80. The van der Waals surface area contributed by atoms with E-state index in [9.17, 15) is 4.79 Å². The highest BCUT2D eigenvalue weighted by atomic mass is 32.1. The van der Waals surface area contributed by atoms with Gasteiger partial charge in [-0.25, -0.2) is 0 Å². The van der Waals surface area contributed by atoms with Crippen LogP contribution in [0.3, 0.4) is 0 Å². The van der Waals surface area contributed by atoms with Crippen LogP contribution in [-0.4, -0.2) is 36.7 Å². The van der Waals surface area contributed by atoms with Gasteiger partial charge in [-0.15, -0.1) is 0 Å². The van der Waals surface area contributed by atoms with Crippen molar-refractivity contribution >= 4 is 18.5 Å². The Morgan fingerprint density at radius 1 is 1.26 bits per heavy atom. The van der Waals surface area contributed by atoms with Crippen LogP contribution in [0, 0.1) is 0 Å². The van der Waals surface area contributed by atoms with Gasteiger partial charge in [0.1, 0.15) is 0 Å². The standard InChI is InChI=1S/C14H29NO3S/c1-6-14(4,17-5)9-10-18-13(2,3)8-7-12(16)15-11-19/h19H,6-11H2,1-5H3,(H,15,16). The second-order valence-corrected chi connectivity index (χ2v) is 5.94. The highest BCUT2D eigenvalue weighted by Crippen LogP contribution is 2.22. The Morgan fingerprint density at radius 3 is 2.37 bits per heavy atom. The van der Waals surface area contributed by atoms with E-state index in [0.29, 0.717) is 25.3 Å². The van der Waals surface area contributed by atoms with Gasteiger partial charge in [0.05, 0.1) is 23.7 Å². The predicted octanol–water partition coefficient (Wildman–Crippen LogP) is 2.77. The number of rotatable bonds is 10. The minimum Gasteiger partial charge on any atom is -0.378 e. The maximum atomic E-state index is 11.4.